The molecule has 0 saturated carbocycles. The molecule has 2 heterocycles. The Hall–Kier alpha value is -3.73. The van der Waals surface area contributed by atoms with E-state index in [2.05, 4.69) is 9.94 Å². The van der Waals surface area contributed by atoms with Gasteiger partial charge in [-0.1, -0.05) is 12.1 Å². The van der Waals surface area contributed by atoms with Crippen molar-refractivity contribution in [3.8, 4) is 22.6 Å². The van der Waals surface area contributed by atoms with Crippen molar-refractivity contribution in [3.05, 3.63) is 102 Å². The van der Waals surface area contributed by atoms with Crippen LogP contribution in [0.5, 0.6) is 0 Å². The maximum Gasteiger partial charge on any atom is 0.416 e. The zero-order valence-corrected chi connectivity index (χ0v) is 20.9. The molecule has 184 valence electrons. The number of halogens is 5. The number of hydrogen-bond donors (Lipinski definition) is 0. The highest BCUT2D eigenvalue weighted by Gasteiger charge is 2.31. The number of rotatable bonds is 4. The van der Waals surface area contributed by atoms with E-state index in [1.54, 1.807) is 6.92 Å². The first kappa shape index (κ1) is 25.4. The lowest BCUT2D eigenvalue weighted by atomic mass is 10.1. The van der Waals surface area contributed by atoms with Gasteiger partial charge in [-0.2, -0.15) is 18.3 Å². The highest BCUT2D eigenvalue weighted by Crippen LogP contribution is 2.32. The fourth-order valence-corrected chi connectivity index (χ4v) is 4.53. The van der Waals surface area contributed by atoms with Gasteiger partial charge in [-0.15, -0.1) is 0 Å². The third-order valence-electron chi connectivity index (χ3n) is 5.58. The van der Waals surface area contributed by atoms with Gasteiger partial charge in [-0.05, 0) is 66.8 Å². The first-order valence-corrected chi connectivity index (χ1v) is 11.5. The summed E-state index contributed by atoms with van der Waals surface area (Å²) in [5, 5.41) is 4.20. The lowest BCUT2D eigenvalue weighted by Gasteiger charge is -2.19. The summed E-state index contributed by atoms with van der Waals surface area (Å²) in [6.07, 6.45) is -3.24. The monoisotopic (exact) mass is 609 g/mol. The zero-order valence-electron chi connectivity index (χ0n) is 18.8. The first-order chi connectivity index (χ1) is 17.0. The molecule has 0 aliphatic carbocycles. The van der Waals surface area contributed by atoms with Gasteiger partial charge in [0.15, 0.2) is 5.69 Å². The van der Waals surface area contributed by atoms with Crippen LogP contribution in [0.2, 0.25) is 0 Å². The Labute approximate surface area is 215 Å². The predicted molar refractivity (Wildman–Crippen MR) is 133 cm³/mol. The minimum Gasteiger partial charge on any atom is -0.268 e. The largest absolute Gasteiger partial charge is 0.416 e. The first-order valence-electron chi connectivity index (χ1n) is 10.4. The Morgan fingerprint density at radius 3 is 2.47 bits per heavy atom. The normalized spacial score (nSPS) is 11.5. The Bertz CT molecular complexity index is 1660. The molecule has 0 unspecified atom stereocenters. The summed E-state index contributed by atoms with van der Waals surface area (Å²) in [7, 11) is 0. The number of nitrogens with zero attached hydrogens (tertiary/aromatic N) is 5. The smallest absolute Gasteiger partial charge is 0.268 e. The van der Waals surface area contributed by atoms with E-state index in [4.69, 9.17) is 6.57 Å². The number of aromatic nitrogens is 4. The van der Waals surface area contributed by atoms with Gasteiger partial charge in [0, 0.05) is 12.2 Å². The molecule has 0 amide bonds. The number of alkyl halides is 3. The molecule has 2 aromatic carbocycles. The Kier molecular flexibility index (Phi) is 6.61. The van der Waals surface area contributed by atoms with Gasteiger partial charge in [-0.3, -0.25) is 13.9 Å². The van der Waals surface area contributed by atoms with Crippen LogP contribution in [0.25, 0.3) is 27.5 Å². The Balaban J connectivity index is 2.08. The molecule has 12 heteroatoms. The minimum absolute atomic E-state index is 0.0237. The molecule has 0 radical (unpaired) electrons. The maximum absolute atomic E-state index is 14.9. The summed E-state index contributed by atoms with van der Waals surface area (Å²) < 4.78 is 58.6. The summed E-state index contributed by atoms with van der Waals surface area (Å²) in [5.41, 5.74) is -2.31. The summed E-state index contributed by atoms with van der Waals surface area (Å²) in [4.78, 5) is 29.9. The highest BCUT2D eigenvalue weighted by atomic mass is 127. The Morgan fingerprint density at radius 1 is 1.14 bits per heavy atom. The van der Waals surface area contributed by atoms with E-state index in [9.17, 15) is 27.2 Å². The zero-order chi connectivity index (χ0) is 26.4. The average molecular weight is 609 g/mol. The van der Waals surface area contributed by atoms with Gasteiger partial charge in [-0.25, -0.2) is 18.7 Å². The molecule has 4 rings (SSSR count). The Morgan fingerprint density at radius 2 is 1.86 bits per heavy atom. The summed E-state index contributed by atoms with van der Waals surface area (Å²) >= 11 is 1.91. The van der Waals surface area contributed by atoms with E-state index in [-0.39, 0.29) is 40.6 Å². The van der Waals surface area contributed by atoms with Crippen molar-refractivity contribution < 1.29 is 17.6 Å². The van der Waals surface area contributed by atoms with Crippen molar-refractivity contribution in [1.82, 2.24) is 18.9 Å². The van der Waals surface area contributed by atoms with E-state index < -0.39 is 28.8 Å². The van der Waals surface area contributed by atoms with Crippen molar-refractivity contribution in [2.24, 2.45) is 0 Å². The van der Waals surface area contributed by atoms with Crippen LogP contribution in [0.4, 0.5) is 23.2 Å². The van der Waals surface area contributed by atoms with Gasteiger partial charge in [0.25, 0.3) is 5.56 Å². The van der Waals surface area contributed by atoms with Crippen molar-refractivity contribution in [2.45, 2.75) is 26.6 Å². The van der Waals surface area contributed by atoms with Crippen molar-refractivity contribution in [3.63, 3.8) is 0 Å². The molecule has 0 saturated heterocycles. The van der Waals surface area contributed by atoms with Crippen molar-refractivity contribution in [1.29, 1.82) is 0 Å². The highest BCUT2D eigenvalue weighted by molar-refractivity contribution is 14.1. The second kappa shape index (κ2) is 9.38. The molecule has 0 bridgehead atoms. The molecule has 0 spiro atoms. The van der Waals surface area contributed by atoms with E-state index in [1.807, 2.05) is 22.6 Å². The summed E-state index contributed by atoms with van der Waals surface area (Å²) in [5.74, 6) is -0.760. The van der Waals surface area contributed by atoms with Crippen molar-refractivity contribution >= 4 is 28.3 Å². The molecule has 0 fully saturated rings. The lowest BCUT2D eigenvalue weighted by molar-refractivity contribution is -0.137. The van der Waals surface area contributed by atoms with Crippen LogP contribution >= 0.6 is 22.6 Å². The molecular weight excluding hydrogens is 593 g/mol. The van der Waals surface area contributed by atoms with Crippen LogP contribution in [-0.4, -0.2) is 18.9 Å². The van der Waals surface area contributed by atoms with E-state index in [0.29, 0.717) is 3.57 Å². The maximum atomic E-state index is 14.9. The topological polar surface area (TPSA) is 66.2 Å². The van der Waals surface area contributed by atoms with Gasteiger partial charge in [0.2, 0.25) is 0 Å². The van der Waals surface area contributed by atoms with E-state index in [1.165, 1.54) is 42.1 Å². The van der Waals surface area contributed by atoms with Crippen LogP contribution in [0.1, 0.15) is 18.2 Å². The van der Waals surface area contributed by atoms with Crippen LogP contribution < -0.4 is 11.2 Å². The molecule has 0 aliphatic heterocycles. The fourth-order valence-electron chi connectivity index (χ4n) is 3.90. The van der Waals surface area contributed by atoms with Crippen LogP contribution in [0.15, 0.2) is 58.3 Å². The van der Waals surface area contributed by atoms with Gasteiger partial charge in [0.1, 0.15) is 5.82 Å². The minimum atomic E-state index is -4.64. The van der Waals surface area contributed by atoms with Crippen LogP contribution in [-0.2, 0) is 12.7 Å². The van der Waals surface area contributed by atoms with Crippen molar-refractivity contribution in [2.75, 3.05) is 0 Å². The molecule has 0 atom stereocenters. The van der Waals surface area contributed by atoms with E-state index >= 15 is 0 Å². The summed E-state index contributed by atoms with van der Waals surface area (Å²) in [6, 6.07) is 7.98. The summed E-state index contributed by atoms with van der Waals surface area (Å²) in [6.45, 7) is 10.0. The van der Waals surface area contributed by atoms with E-state index in [0.717, 1.165) is 27.3 Å². The molecule has 0 aliphatic rings. The van der Waals surface area contributed by atoms with Crippen LogP contribution in [0.3, 0.4) is 0 Å². The molecule has 4 aromatic rings. The third-order valence-corrected chi connectivity index (χ3v) is 6.37. The predicted octanol–water partition coefficient (Wildman–Crippen LogP) is 5.49. The fraction of sp³-hybridized carbons (Fsp3) is 0.167. The lowest BCUT2D eigenvalue weighted by Crippen LogP contribution is -2.41. The SMILES string of the molecule is [C-]#[N+]c1ccc(-n2ncc(I)c2-c2c(C)n(-c3cccc(C(F)(F)F)c3)c(=O)n(CC)c2=O)c(F)c1. The molecule has 2 aromatic heterocycles. The molecule has 7 nitrogen and oxygen atoms in total. The second-order valence-electron chi connectivity index (χ2n) is 7.68. The number of benzene rings is 2. The third kappa shape index (κ3) is 4.23. The van der Waals surface area contributed by atoms with Crippen LogP contribution in [0, 0.1) is 22.9 Å². The second-order valence-corrected chi connectivity index (χ2v) is 8.84. The van der Waals surface area contributed by atoms with Gasteiger partial charge >= 0.3 is 11.9 Å². The standard InChI is InChI=1S/C24H16F4IN5O2/c1-4-32-22(35)20(13(2)33(23(32)36)16-7-5-6-14(10-16)24(26,27)28)21-18(29)12-31-34(21)19-9-8-15(30-3)11-17(19)25/h5-12H,4H2,1-2H3. The molecule has 36 heavy (non-hydrogen) atoms. The van der Waals surface area contributed by atoms with Gasteiger partial charge in [0.05, 0.1) is 44.5 Å². The van der Waals surface area contributed by atoms with Gasteiger partial charge < -0.3 is 0 Å². The average Bonchev–Trinajstić information content (AvgIpc) is 3.19. The number of hydrogen-bond acceptors (Lipinski definition) is 3. The quantitative estimate of drug-likeness (QED) is 0.175. The molecular formula is C24H16F4IN5O2. The molecule has 0 N–H and O–H groups in total.